The van der Waals surface area contributed by atoms with Gasteiger partial charge in [0.2, 0.25) is 5.91 Å². The third-order valence-corrected chi connectivity index (χ3v) is 3.61. The second-order valence-electron chi connectivity index (χ2n) is 5.53. The van der Waals surface area contributed by atoms with Crippen molar-refractivity contribution in [2.45, 2.75) is 19.8 Å². The van der Waals surface area contributed by atoms with Gasteiger partial charge in [0.1, 0.15) is 11.5 Å². The normalized spacial score (nSPS) is 10.2. The third kappa shape index (κ3) is 5.53. The summed E-state index contributed by atoms with van der Waals surface area (Å²) in [6.07, 6.45) is 0.867. The van der Waals surface area contributed by atoms with E-state index in [-0.39, 0.29) is 11.7 Å². The van der Waals surface area contributed by atoms with Gasteiger partial charge >= 0.3 is 0 Å². The van der Waals surface area contributed by atoms with Gasteiger partial charge in [-0.15, -0.1) is 0 Å². The van der Waals surface area contributed by atoms with Crippen LogP contribution in [0.15, 0.2) is 42.5 Å². The second kappa shape index (κ2) is 8.73. The van der Waals surface area contributed by atoms with Crippen molar-refractivity contribution in [3.63, 3.8) is 0 Å². The number of carbonyl (C=O) groups excluding carboxylic acids is 2. The Kier molecular flexibility index (Phi) is 6.39. The molecule has 0 saturated heterocycles. The first kappa shape index (κ1) is 18.3. The van der Waals surface area contributed by atoms with E-state index in [1.165, 1.54) is 6.92 Å². The number of amides is 1. The van der Waals surface area contributed by atoms with Crippen molar-refractivity contribution in [1.82, 2.24) is 0 Å². The summed E-state index contributed by atoms with van der Waals surface area (Å²) in [5.74, 6) is 1.17. The first-order valence-electron chi connectivity index (χ1n) is 7.97. The molecule has 0 heterocycles. The lowest BCUT2D eigenvalue weighted by atomic mass is 10.1. The van der Waals surface area contributed by atoms with Crippen molar-refractivity contribution in [1.29, 1.82) is 0 Å². The van der Waals surface area contributed by atoms with Crippen LogP contribution >= 0.6 is 0 Å². The van der Waals surface area contributed by atoms with Crippen molar-refractivity contribution < 1.29 is 19.1 Å². The molecule has 2 aromatic carbocycles. The minimum absolute atomic E-state index is 0.0139. The number of nitrogens with one attached hydrogen (secondary N) is 1. The highest BCUT2D eigenvalue weighted by atomic mass is 16.5. The van der Waals surface area contributed by atoms with Gasteiger partial charge in [-0.05, 0) is 49.7 Å². The standard InChI is InChI=1S/C19H22N2O4/c1-13(22)14-5-7-15(8-6-14)25-11-3-4-19(23)21-18-12-16(24-2)9-10-17(18)20/h5-10,12H,3-4,11,20H2,1-2H3,(H,21,23). The molecule has 132 valence electrons. The van der Waals surface area contributed by atoms with Gasteiger partial charge in [0.15, 0.2) is 5.78 Å². The maximum atomic E-state index is 12.0. The zero-order chi connectivity index (χ0) is 18.2. The smallest absolute Gasteiger partial charge is 0.224 e. The van der Waals surface area contributed by atoms with Crippen molar-refractivity contribution in [2.24, 2.45) is 0 Å². The van der Waals surface area contributed by atoms with Gasteiger partial charge in [0.05, 0.1) is 25.1 Å². The summed E-state index contributed by atoms with van der Waals surface area (Å²) < 4.78 is 10.7. The number of nitrogens with two attached hydrogens (primary N) is 1. The molecule has 0 aliphatic heterocycles. The lowest BCUT2D eigenvalue weighted by Gasteiger charge is -2.10. The second-order valence-corrected chi connectivity index (χ2v) is 5.53. The molecule has 25 heavy (non-hydrogen) atoms. The summed E-state index contributed by atoms with van der Waals surface area (Å²) in [6, 6.07) is 12.0. The molecule has 2 rings (SSSR count). The van der Waals surface area contributed by atoms with E-state index in [1.807, 2.05) is 0 Å². The largest absolute Gasteiger partial charge is 0.497 e. The number of ketones is 1. The van der Waals surface area contributed by atoms with E-state index >= 15 is 0 Å². The Bertz CT molecular complexity index is 742. The van der Waals surface area contributed by atoms with Crippen molar-refractivity contribution in [3.8, 4) is 11.5 Å². The fourth-order valence-corrected chi connectivity index (χ4v) is 2.19. The number of carbonyl (C=O) groups is 2. The number of methoxy groups -OCH3 is 1. The third-order valence-electron chi connectivity index (χ3n) is 3.61. The van der Waals surface area contributed by atoms with Crippen LogP contribution in [0, 0.1) is 0 Å². The van der Waals surface area contributed by atoms with E-state index in [0.29, 0.717) is 47.9 Å². The SMILES string of the molecule is COc1ccc(N)c(NC(=O)CCCOc2ccc(C(C)=O)cc2)c1. The molecular formula is C19H22N2O4. The maximum absolute atomic E-state index is 12.0. The van der Waals surface area contributed by atoms with E-state index in [0.717, 1.165) is 0 Å². The Balaban J connectivity index is 1.76. The molecular weight excluding hydrogens is 320 g/mol. The summed E-state index contributed by atoms with van der Waals surface area (Å²) in [5, 5.41) is 2.77. The van der Waals surface area contributed by atoms with Gasteiger partial charge in [-0.25, -0.2) is 0 Å². The highest BCUT2D eigenvalue weighted by molar-refractivity contribution is 5.94. The van der Waals surface area contributed by atoms with Gasteiger partial charge in [0.25, 0.3) is 0 Å². The number of Topliss-reactive ketones (excluding diaryl/α,β-unsaturated/α-hetero) is 1. The van der Waals surface area contributed by atoms with Crippen molar-refractivity contribution >= 4 is 23.1 Å². The van der Waals surface area contributed by atoms with Crippen LogP contribution in [0.5, 0.6) is 11.5 Å². The fourth-order valence-electron chi connectivity index (χ4n) is 2.19. The van der Waals surface area contributed by atoms with Crippen LogP contribution in [0.3, 0.4) is 0 Å². The number of anilines is 2. The molecule has 0 aromatic heterocycles. The van der Waals surface area contributed by atoms with Crippen LogP contribution < -0.4 is 20.5 Å². The van der Waals surface area contributed by atoms with Gasteiger partial charge in [-0.2, -0.15) is 0 Å². The first-order chi connectivity index (χ1) is 12.0. The summed E-state index contributed by atoms with van der Waals surface area (Å²) >= 11 is 0. The lowest BCUT2D eigenvalue weighted by Crippen LogP contribution is -2.14. The highest BCUT2D eigenvalue weighted by Crippen LogP contribution is 2.24. The number of ether oxygens (including phenoxy) is 2. The highest BCUT2D eigenvalue weighted by Gasteiger charge is 2.07. The summed E-state index contributed by atoms with van der Waals surface area (Å²) in [4.78, 5) is 23.2. The number of hydrogen-bond donors (Lipinski definition) is 2. The molecule has 1 amide bonds. The van der Waals surface area contributed by atoms with Gasteiger partial charge in [-0.3, -0.25) is 9.59 Å². The van der Waals surface area contributed by atoms with Crippen LogP contribution in [-0.4, -0.2) is 25.4 Å². The topological polar surface area (TPSA) is 90.7 Å². The fraction of sp³-hybridized carbons (Fsp3) is 0.263. The lowest BCUT2D eigenvalue weighted by molar-refractivity contribution is -0.116. The quantitative estimate of drug-likeness (QED) is 0.436. The van der Waals surface area contributed by atoms with Crippen LogP contribution in [0.25, 0.3) is 0 Å². The molecule has 0 unspecified atom stereocenters. The molecule has 0 aliphatic carbocycles. The Morgan fingerprint density at radius 2 is 1.76 bits per heavy atom. The van der Waals surface area contributed by atoms with E-state index < -0.39 is 0 Å². The van der Waals surface area contributed by atoms with Crippen molar-refractivity contribution in [3.05, 3.63) is 48.0 Å². The predicted octanol–water partition coefficient (Wildman–Crippen LogP) is 3.28. The molecule has 0 atom stereocenters. The number of nitrogen functional groups attached to an aromatic ring is 1. The van der Waals surface area contributed by atoms with Crippen molar-refractivity contribution in [2.75, 3.05) is 24.8 Å². The predicted molar refractivity (Wildman–Crippen MR) is 97.2 cm³/mol. The molecule has 6 heteroatoms. The van der Waals surface area contributed by atoms with Crippen LogP contribution in [0.1, 0.15) is 30.1 Å². The minimum atomic E-state index is -0.143. The van der Waals surface area contributed by atoms with Gasteiger partial charge < -0.3 is 20.5 Å². The molecule has 0 aliphatic rings. The molecule has 2 aromatic rings. The summed E-state index contributed by atoms with van der Waals surface area (Å²) in [7, 11) is 1.55. The Morgan fingerprint density at radius 3 is 2.40 bits per heavy atom. The van der Waals surface area contributed by atoms with E-state index in [4.69, 9.17) is 15.2 Å². The van der Waals surface area contributed by atoms with E-state index in [1.54, 1.807) is 49.6 Å². The number of rotatable bonds is 8. The molecule has 0 saturated carbocycles. The maximum Gasteiger partial charge on any atom is 0.224 e. The Hall–Kier alpha value is -3.02. The Morgan fingerprint density at radius 1 is 1.08 bits per heavy atom. The van der Waals surface area contributed by atoms with E-state index in [9.17, 15) is 9.59 Å². The average Bonchev–Trinajstić information content (AvgIpc) is 2.61. The zero-order valence-electron chi connectivity index (χ0n) is 14.4. The van der Waals surface area contributed by atoms with Crippen LogP contribution in [-0.2, 0) is 4.79 Å². The molecule has 6 nitrogen and oxygen atoms in total. The zero-order valence-corrected chi connectivity index (χ0v) is 14.4. The monoisotopic (exact) mass is 342 g/mol. The van der Waals surface area contributed by atoms with Crippen LogP contribution in [0.4, 0.5) is 11.4 Å². The number of benzene rings is 2. The number of hydrogen-bond acceptors (Lipinski definition) is 5. The molecule has 0 radical (unpaired) electrons. The molecule has 0 fully saturated rings. The minimum Gasteiger partial charge on any atom is -0.497 e. The van der Waals surface area contributed by atoms with E-state index in [2.05, 4.69) is 5.32 Å². The summed E-state index contributed by atoms with van der Waals surface area (Å²) in [5.41, 5.74) is 7.49. The Labute approximate surface area is 146 Å². The molecule has 0 bridgehead atoms. The van der Waals surface area contributed by atoms with Gasteiger partial charge in [-0.1, -0.05) is 0 Å². The first-order valence-corrected chi connectivity index (χ1v) is 7.97. The van der Waals surface area contributed by atoms with Gasteiger partial charge in [0, 0.05) is 18.1 Å². The average molecular weight is 342 g/mol. The molecule has 3 N–H and O–H groups in total. The molecule has 0 spiro atoms. The van der Waals surface area contributed by atoms with Crippen LogP contribution in [0.2, 0.25) is 0 Å². The summed E-state index contributed by atoms with van der Waals surface area (Å²) in [6.45, 7) is 1.92.